The van der Waals surface area contributed by atoms with Crippen LogP contribution in [-0.2, 0) is 67.7 Å². The first-order valence-electron chi connectivity index (χ1n) is 26.4. The van der Waals surface area contributed by atoms with Crippen LogP contribution in [0, 0.1) is 0 Å². The van der Waals surface area contributed by atoms with Gasteiger partial charge in [-0.15, -0.1) is 0 Å². The molecule has 0 atom stereocenters. The van der Waals surface area contributed by atoms with Crippen LogP contribution in [0.2, 0.25) is 0 Å². The van der Waals surface area contributed by atoms with Crippen LogP contribution in [0.3, 0.4) is 0 Å². The molecule has 6 aromatic carbocycles. The molecule has 0 N–H and O–H groups in total. The van der Waals surface area contributed by atoms with Crippen LogP contribution in [0.1, 0.15) is 98.8 Å². The number of hydrogen-bond acceptors (Lipinski definition) is 9. The van der Waals surface area contributed by atoms with Gasteiger partial charge in [0.2, 0.25) is 0 Å². The third-order valence-corrected chi connectivity index (χ3v) is 18.3. The molecule has 0 saturated heterocycles. The summed E-state index contributed by atoms with van der Waals surface area (Å²) >= 11 is 0. The molecule has 506 valence electrons. The van der Waals surface area contributed by atoms with Crippen molar-refractivity contribution in [3.05, 3.63) is 174 Å². The van der Waals surface area contributed by atoms with Crippen LogP contribution in [0.4, 0.5) is 79.0 Å². The van der Waals surface area contributed by atoms with Crippen LogP contribution in [0.15, 0.2) is 187 Å². The molecule has 0 aliphatic rings. The molecule has 0 amide bonds. The number of hydrogen-bond donors (Lipinski definition) is 0. The van der Waals surface area contributed by atoms with Crippen molar-refractivity contribution in [3.63, 3.8) is 0 Å². The SMILES string of the molecule is CC(C)(C)c1ccc([S+](c2ccc(C(C)(C)C)cc2)c2ccc(C(C)(C)C)cc2)cc1.CCCCOc1ccc([S+](c2ccccc2)c2ccccc2)cc1.O=S(=O)([O-])C(F)(F)C(F)(F)OC(F)(F)C(F)(F)F.O=S(=O)([O-])C(F)(F)C(F)(F)OC(F)(F)C(F)(F)F. The monoisotopic (exact) mass is 1400 g/mol. The van der Waals surface area contributed by atoms with Crippen LogP contribution >= 0.6 is 0 Å². The third kappa shape index (κ3) is 21.4. The summed E-state index contributed by atoms with van der Waals surface area (Å²) < 4.78 is 280. The topological polar surface area (TPSA) is 142 Å². The lowest BCUT2D eigenvalue weighted by molar-refractivity contribution is -0.476. The van der Waals surface area contributed by atoms with Crippen molar-refractivity contribution < 1.29 is 119 Å². The summed E-state index contributed by atoms with van der Waals surface area (Å²) in [6, 6.07) is 57.9. The van der Waals surface area contributed by atoms with Crippen molar-refractivity contribution in [1.29, 1.82) is 0 Å². The zero-order valence-corrected chi connectivity index (χ0v) is 53.0. The normalized spacial score (nSPS) is 13.5. The number of rotatable bonds is 18. The van der Waals surface area contributed by atoms with E-state index in [9.17, 15) is 105 Å². The lowest BCUT2D eigenvalue weighted by Crippen LogP contribution is -2.54. The van der Waals surface area contributed by atoms with Crippen molar-refractivity contribution >= 4 is 42.0 Å². The minimum atomic E-state index is -7.24. The molecule has 0 spiro atoms. The maximum absolute atomic E-state index is 12.2. The van der Waals surface area contributed by atoms with Gasteiger partial charge in [-0.2, -0.15) is 79.0 Å². The quantitative estimate of drug-likeness (QED) is 0.0356. The molecule has 0 aliphatic heterocycles. The van der Waals surface area contributed by atoms with Crippen molar-refractivity contribution in [2.24, 2.45) is 0 Å². The molecule has 0 aromatic heterocycles. The molecule has 0 unspecified atom stereocenters. The molecule has 9 nitrogen and oxygen atoms in total. The Morgan fingerprint density at radius 3 is 0.791 bits per heavy atom. The van der Waals surface area contributed by atoms with Gasteiger partial charge in [0.05, 0.1) is 28.4 Å². The number of alkyl halides is 18. The van der Waals surface area contributed by atoms with Gasteiger partial charge in [-0.1, -0.05) is 148 Å². The Hall–Kier alpha value is -5.70. The van der Waals surface area contributed by atoms with E-state index in [1.807, 2.05) is 0 Å². The van der Waals surface area contributed by atoms with Crippen molar-refractivity contribution in [2.45, 2.75) is 175 Å². The molecule has 91 heavy (non-hydrogen) atoms. The molecule has 0 fully saturated rings. The average molecular weight is 1400 g/mol. The van der Waals surface area contributed by atoms with E-state index in [1.54, 1.807) is 0 Å². The fourth-order valence-corrected chi connectivity index (χ4v) is 11.8. The number of unbranched alkanes of at least 4 members (excludes halogenated alkanes) is 1. The van der Waals surface area contributed by atoms with Gasteiger partial charge in [0, 0.05) is 0 Å². The predicted molar refractivity (Wildman–Crippen MR) is 303 cm³/mol. The first-order chi connectivity index (χ1) is 41.1. The van der Waals surface area contributed by atoms with Crippen molar-refractivity contribution in [1.82, 2.24) is 0 Å². The van der Waals surface area contributed by atoms with E-state index in [0.717, 1.165) is 25.2 Å². The molecule has 6 rings (SSSR count). The molecule has 31 heteroatoms. The van der Waals surface area contributed by atoms with E-state index in [2.05, 4.69) is 227 Å². The Morgan fingerprint density at radius 2 is 0.582 bits per heavy atom. The summed E-state index contributed by atoms with van der Waals surface area (Å²) in [6.07, 6.45) is -38.7. The van der Waals surface area contributed by atoms with Crippen LogP contribution in [0.5, 0.6) is 5.75 Å². The van der Waals surface area contributed by atoms with Gasteiger partial charge in [-0.25, -0.2) is 26.3 Å². The minimum absolute atomic E-state index is 0.0858. The number of benzene rings is 6. The Morgan fingerprint density at radius 1 is 0.352 bits per heavy atom. The summed E-state index contributed by atoms with van der Waals surface area (Å²) in [5.74, 6) is 0.955. The first-order valence-corrected chi connectivity index (χ1v) is 31.7. The van der Waals surface area contributed by atoms with Gasteiger partial charge in [0.15, 0.2) is 49.6 Å². The van der Waals surface area contributed by atoms with Gasteiger partial charge >= 0.3 is 47.3 Å². The van der Waals surface area contributed by atoms with Gasteiger partial charge in [-0.3, -0.25) is 0 Å². The van der Waals surface area contributed by atoms with Crippen molar-refractivity contribution in [3.8, 4) is 5.75 Å². The Balaban J connectivity index is 0.000000326. The van der Waals surface area contributed by atoms with E-state index in [0.29, 0.717) is 0 Å². The van der Waals surface area contributed by atoms with Crippen LogP contribution in [0.25, 0.3) is 0 Å². The first kappa shape index (κ1) is 79.5. The maximum atomic E-state index is 12.2. The van der Waals surface area contributed by atoms with E-state index < -0.39 is 67.5 Å². The Labute approximate surface area is 520 Å². The Kier molecular flexibility index (Phi) is 26.0. The van der Waals surface area contributed by atoms with Gasteiger partial charge in [0.25, 0.3) is 0 Å². The zero-order chi connectivity index (χ0) is 70.1. The fraction of sp³-hybridized carbons (Fsp3) is 0.400. The molecule has 6 aromatic rings. The smallest absolute Gasteiger partial charge is 0.483 e. The second-order valence-corrected chi connectivity index (χ2v) is 29.3. The summed E-state index contributed by atoms with van der Waals surface area (Å²) in [5, 5.41) is -13.6. The van der Waals surface area contributed by atoms with E-state index in [1.165, 1.54) is 55.5 Å². The highest BCUT2D eigenvalue weighted by atomic mass is 32.2. The summed E-state index contributed by atoms with van der Waals surface area (Å²) in [6.45, 7) is 23.5. The Bertz CT molecular complexity index is 3210. The van der Waals surface area contributed by atoms with Gasteiger partial charge in [0.1, 0.15) is 5.75 Å². The second-order valence-electron chi connectivity index (χ2n) is 22.4. The molecule has 0 saturated carbocycles. The standard InChI is InChI=1S/C30H39S.C22H23OS.2C4HF9O4S/c1-28(2,3)22-10-16-25(17-11-22)31(26-18-12-23(13-19-26)29(4,5)6)27-20-14-24(15-21-27)30(7,8)9;1-2-3-18-23-19-14-16-22(17-15-19)24(20-10-6-4-7-11-20)21-12-8-5-9-13-21;2*5-1(6,7)2(8,9)17-3(10,11)4(12,13)18(14,15)16/h10-21H,1-9H3;4-17H,2-3,18H2,1H3;2*(H,14,15,16)/q2*+1;;/p-2. The molecule has 0 heterocycles. The summed E-state index contributed by atoms with van der Waals surface area (Å²) in [5.41, 5.74) is 4.64. The number of halogens is 18. The van der Waals surface area contributed by atoms with Gasteiger partial charge < -0.3 is 13.8 Å². The lowest BCUT2D eigenvalue weighted by atomic mass is 9.87. The van der Waals surface area contributed by atoms with E-state index in [4.69, 9.17) is 4.74 Å². The molecular weight excluding hydrogens is 1330 g/mol. The largest absolute Gasteiger partial charge is 0.743 e. The fourth-order valence-electron chi connectivity index (χ4n) is 7.06. The predicted octanol–water partition coefficient (Wildman–Crippen LogP) is 18.4. The molecule has 0 aliphatic carbocycles. The molecular formula is C60H62F18O9S4. The maximum Gasteiger partial charge on any atom is 0.483 e. The second kappa shape index (κ2) is 29.7. The highest BCUT2D eigenvalue weighted by molar-refractivity contribution is 7.97. The van der Waals surface area contributed by atoms with Gasteiger partial charge in [-0.05, 0) is 124 Å². The number of ether oxygens (including phenoxy) is 3. The highest BCUT2D eigenvalue weighted by Crippen LogP contribution is 2.49. The van der Waals surface area contributed by atoms with Crippen molar-refractivity contribution in [2.75, 3.05) is 6.61 Å². The molecule has 0 radical (unpaired) electrons. The highest BCUT2D eigenvalue weighted by Gasteiger charge is 2.74. The zero-order valence-electron chi connectivity index (χ0n) is 49.7. The third-order valence-electron chi connectivity index (χ3n) is 12.1. The van der Waals surface area contributed by atoms with Crippen LogP contribution in [-0.4, -0.2) is 79.8 Å². The lowest BCUT2D eigenvalue weighted by Gasteiger charge is -2.31. The van der Waals surface area contributed by atoms with E-state index >= 15 is 0 Å². The summed E-state index contributed by atoms with van der Waals surface area (Å²) in [4.78, 5) is 8.11. The minimum Gasteiger partial charge on any atom is -0.743 e. The molecule has 0 bridgehead atoms. The van der Waals surface area contributed by atoms with E-state index in [-0.39, 0.29) is 38.0 Å². The van der Waals surface area contributed by atoms with Crippen LogP contribution < -0.4 is 4.74 Å². The average Bonchev–Trinajstić information content (AvgIpc) is 0.774. The summed E-state index contributed by atoms with van der Waals surface area (Å²) in [7, 11) is -14.7.